The molecular weight excluding hydrogens is 174 g/mol. The minimum atomic E-state index is 0.0307. The summed E-state index contributed by atoms with van der Waals surface area (Å²) in [4.78, 5) is 15.0. The molecule has 1 heterocycles. The van der Waals surface area contributed by atoms with E-state index >= 15 is 0 Å². The molecule has 0 unspecified atom stereocenters. The number of carbonyl (C=O) groups excluding carboxylic acids is 1. The van der Waals surface area contributed by atoms with E-state index < -0.39 is 0 Å². The molecule has 1 aliphatic rings. The van der Waals surface area contributed by atoms with Crippen LogP contribution in [0.25, 0.3) is 6.08 Å². The summed E-state index contributed by atoms with van der Waals surface area (Å²) in [7, 11) is 0. The van der Waals surface area contributed by atoms with Gasteiger partial charge in [0.25, 0.3) is 0 Å². The highest BCUT2D eigenvalue weighted by Crippen LogP contribution is 2.10. The Morgan fingerprint density at radius 3 is 2.50 bits per heavy atom. The Labute approximate surface area is 82.3 Å². The first-order valence-electron chi connectivity index (χ1n) is 4.37. The standard InChI is InChI=1S/C12H9NO/c14-12-6-4-10(5-7-12)9-11-3-1-2-8-13-11/h1-9H. The van der Waals surface area contributed by atoms with Crippen molar-refractivity contribution in [2.24, 2.45) is 0 Å². The largest absolute Gasteiger partial charge is 0.290 e. The van der Waals surface area contributed by atoms with Crippen LogP contribution in [0.3, 0.4) is 0 Å². The Hall–Kier alpha value is -1.96. The summed E-state index contributed by atoms with van der Waals surface area (Å²) < 4.78 is 0. The molecule has 1 aliphatic carbocycles. The Balaban J connectivity index is 2.25. The number of hydrogen-bond donors (Lipinski definition) is 0. The van der Waals surface area contributed by atoms with Gasteiger partial charge in [0.15, 0.2) is 5.78 Å². The molecule has 0 N–H and O–H groups in total. The molecule has 0 fully saturated rings. The number of rotatable bonds is 1. The summed E-state index contributed by atoms with van der Waals surface area (Å²) in [5, 5.41) is 0. The van der Waals surface area contributed by atoms with Gasteiger partial charge in [-0.3, -0.25) is 9.78 Å². The van der Waals surface area contributed by atoms with Crippen LogP contribution in [0.1, 0.15) is 5.69 Å². The van der Waals surface area contributed by atoms with E-state index in [1.807, 2.05) is 24.3 Å². The Morgan fingerprint density at radius 1 is 1.07 bits per heavy atom. The molecular formula is C12H9NO. The smallest absolute Gasteiger partial charge is 0.178 e. The highest BCUT2D eigenvalue weighted by atomic mass is 16.1. The first kappa shape index (κ1) is 8.63. The van der Waals surface area contributed by atoms with Gasteiger partial charge >= 0.3 is 0 Å². The van der Waals surface area contributed by atoms with Gasteiger partial charge in [0, 0.05) is 6.20 Å². The van der Waals surface area contributed by atoms with Crippen molar-refractivity contribution in [3.63, 3.8) is 0 Å². The van der Waals surface area contributed by atoms with Gasteiger partial charge in [-0.05, 0) is 35.9 Å². The zero-order valence-electron chi connectivity index (χ0n) is 7.55. The number of nitrogens with zero attached hydrogens (tertiary/aromatic N) is 1. The maximum absolute atomic E-state index is 10.8. The highest BCUT2D eigenvalue weighted by molar-refractivity contribution is 6.01. The van der Waals surface area contributed by atoms with Crippen LogP contribution in [-0.4, -0.2) is 10.8 Å². The fourth-order valence-electron chi connectivity index (χ4n) is 1.20. The Kier molecular flexibility index (Phi) is 2.36. The van der Waals surface area contributed by atoms with Gasteiger partial charge in [-0.2, -0.15) is 0 Å². The summed E-state index contributed by atoms with van der Waals surface area (Å²) in [5.41, 5.74) is 1.88. The number of pyridine rings is 1. The van der Waals surface area contributed by atoms with Crippen molar-refractivity contribution < 1.29 is 4.79 Å². The van der Waals surface area contributed by atoms with Crippen LogP contribution in [0.15, 0.2) is 54.3 Å². The molecule has 68 valence electrons. The second kappa shape index (κ2) is 3.83. The first-order chi connectivity index (χ1) is 6.84. The van der Waals surface area contributed by atoms with E-state index in [2.05, 4.69) is 4.98 Å². The second-order valence-electron chi connectivity index (χ2n) is 2.97. The van der Waals surface area contributed by atoms with Crippen LogP contribution in [-0.2, 0) is 4.79 Å². The Morgan fingerprint density at radius 2 is 1.86 bits per heavy atom. The van der Waals surface area contributed by atoms with E-state index in [-0.39, 0.29) is 5.78 Å². The fourth-order valence-corrected chi connectivity index (χ4v) is 1.20. The molecule has 2 rings (SSSR count). The van der Waals surface area contributed by atoms with E-state index in [4.69, 9.17) is 0 Å². The average Bonchev–Trinajstić information content (AvgIpc) is 2.23. The molecule has 1 aromatic rings. The monoisotopic (exact) mass is 183 g/mol. The number of ketones is 1. The lowest BCUT2D eigenvalue weighted by molar-refractivity contribution is -0.110. The van der Waals surface area contributed by atoms with Crippen LogP contribution in [0.5, 0.6) is 0 Å². The lowest BCUT2D eigenvalue weighted by Crippen LogP contribution is -1.91. The fraction of sp³-hybridized carbons (Fsp3) is 0. The zero-order chi connectivity index (χ0) is 9.80. The quantitative estimate of drug-likeness (QED) is 0.667. The molecule has 0 spiro atoms. The van der Waals surface area contributed by atoms with Crippen molar-refractivity contribution in [1.29, 1.82) is 0 Å². The third-order valence-electron chi connectivity index (χ3n) is 1.88. The van der Waals surface area contributed by atoms with Gasteiger partial charge in [0.2, 0.25) is 0 Å². The lowest BCUT2D eigenvalue weighted by Gasteiger charge is -1.98. The van der Waals surface area contributed by atoms with E-state index in [1.165, 1.54) is 0 Å². The van der Waals surface area contributed by atoms with Gasteiger partial charge in [0.05, 0.1) is 5.69 Å². The van der Waals surface area contributed by atoms with Crippen molar-refractivity contribution in [2.75, 3.05) is 0 Å². The summed E-state index contributed by atoms with van der Waals surface area (Å²) in [6, 6.07) is 5.73. The van der Waals surface area contributed by atoms with Crippen LogP contribution in [0.2, 0.25) is 0 Å². The molecule has 0 amide bonds. The number of allylic oxidation sites excluding steroid dienone is 5. The number of carbonyl (C=O) groups is 1. The minimum Gasteiger partial charge on any atom is -0.290 e. The van der Waals surface area contributed by atoms with Gasteiger partial charge in [0.1, 0.15) is 0 Å². The third kappa shape index (κ3) is 2.04. The minimum absolute atomic E-state index is 0.0307. The SMILES string of the molecule is O=C1C=CC(=Cc2ccccn2)C=C1. The molecule has 0 saturated heterocycles. The third-order valence-corrected chi connectivity index (χ3v) is 1.88. The predicted octanol–water partition coefficient (Wildman–Crippen LogP) is 2.16. The van der Waals surface area contributed by atoms with Crippen molar-refractivity contribution in [3.8, 4) is 0 Å². The lowest BCUT2D eigenvalue weighted by atomic mass is 10.1. The van der Waals surface area contributed by atoms with Crippen molar-refractivity contribution in [3.05, 3.63) is 60.0 Å². The molecule has 0 aromatic carbocycles. The first-order valence-corrected chi connectivity index (χ1v) is 4.37. The van der Waals surface area contributed by atoms with E-state index in [0.29, 0.717) is 0 Å². The predicted molar refractivity (Wildman–Crippen MR) is 55.5 cm³/mol. The topological polar surface area (TPSA) is 30.0 Å². The average molecular weight is 183 g/mol. The number of aromatic nitrogens is 1. The van der Waals surface area contributed by atoms with Crippen molar-refractivity contribution in [1.82, 2.24) is 4.98 Å². The van der Waals surface area contributed by atoms with Gasteiger partial charge in [-0.15, -0.1) is 0 Å². The van der Waals surface area contributed by atoms with Crippen molar-refractivity contribution in [2.45, 2.75) is 0 Å². The normalized spacial score (nSPS) is 14.6. The second-order valence-corrected chi connectivity index (χ2v) is 2.97. The van der Waals surface area contributed by atoms with E-state index in [0.717, 1.165) is 11.3 Å². The van der Waals surface area contributed by atoms with E-state index in [1.54, 1.807) is 30.5 Å². The molecule has 2 nitrogen and oxygen atoms in total. The van der Waals surface area contributed by atoms with Gasteiger partial charge in [-0.25, -0.2) is 0 Å². The molecule has 0 atom stereocenters. The van der Waals surface area contributed by atoms with Crippen LogP contribution in [0.4, 0.5) is 0 Å². The molecule has 0 radical (unpaired) electrons. The van der Waals surface area contributed by atoms with Crippen LogP contribution in [0, 0.1) is 0 Å². The van der Waals surface area contributed by atoms with Crippen LogP contribution < -0.4 is 0 Å². The highest BCUT2D eigenvalue weighted by Gasteiger charge is 1.98. The van der Waals surface area contributed by atoms with E-state index in [9.17, 15) is 4.79 Å². The summed E-state index contributed by atoms with van der Waals surface area (Å²) in [6.07, 6.45) is 10.4. The van der Waals surface area contributed by atoms with Crippen LogP contribution >= 0.6 is 0 Å². The zero-order valence-corrected chi connectivity index (χ0v) is 7.55. The van der Waals surface area contributed by atoms with Crippen molar-refractivity contribution >= 4 is 11.9 Å². The molecule has 2 heteroatoms. The summed E-state index contributed by atoms with van der Waals surface area (Å²) in [6.45, 7) is 0. The number of hydrogen-bond acceptors (Lipinski definition) is 2. The maximum atomic E-state index is 10.8. The van der Waals surface area contributed by atoms with Gasteiger partial charge < -0.3 is 0 Å². The summed E-state index contributed by atoms with van der Waals surface area (Å²) in [5.74, 6) is 0.0307. The molecule has 0 saturated carbocycles. The maximum Gasteiger partial charge on any atom is 0.178 e. The van der Waals surface area contributed by atoms with Gasteiger partial charge in [-0.1, -0.05) is 18.2 Å². The molecule has 14 heavy (non-hydrogen) atoms. The Bertz CT molecular complexity index is 409. The molecule has 0 bridgehead atoms. The molecule has 1 aromatic heterocycles. The summed E-state index contributed by atoms with van der Waals surface area (Å²) >= 11 is 0. The molecule has 0 aliphatic heterocycles.